The van der Waals surface area contributed by atoms with Crippen molar-refractivity contribution < 1.29 is 14.3 Å². The monoisotopic (exact) mass is 462 g/mol. The molecule has 1 N–H and O–H groups in total. The molecular formula is C24H31ClN2O3S. The number of carbonyl (C=O) groups excluding carboxylic acids is 2. The molecule has 31 heavy (non-hydrogen) atoms. The summed E-state index contributed by atoms with van der Waals surface area (Å²) < 4.78 is 5.48. The predicted octanol–water partition coefficient (Wildman–Crippen LogP) is 5.46. The Morgan fingerprint density at radius 1 is 1.19 bits per heavy atom. The highest BCUT2D eigenvalue weighted by atomic mass is 35.5. The van der Waals surface area contributed by atoms with Crippen molar-refractivity contribution in [2.45, 2.75) is 57.5 Å². The van der Waals surface area contributed by atoms with Crippen molar-refractivity contribution in [3.63, 3.8) is 0 Å². The number of halogens is 1. The zero-order valence-electron chi connectivity index (χ0n) is 18.0. The van der Waals surface area contributed by atoms with Gasteiger partial charge < -0.3 is 15.0 Å². The van der Waals surface area contributed by atoms with Gasteiger partial charge in [-0.25, -0.2) is 0 Å². The van der Waals surface area contributed by atoms with Gasteiger partial charge in [-0.15, -0.1) is 11.3 Å². The highest BCUT2D eigenvalue weighted by Crippen LogP contribution is 2.31. The summed E-state index contributed by atoms with van der Waals surface area (Å²) in [5.41, 5.74) is 0.652. The number of nitrogens with one attached hydrogen (secondary N) is 1. The van der Waals surface area contributed by atoms with Gasteiger partial charge in [0, 0.05) is 36.4 Å². The molecule has 168 valence electrons. The maximum atomic E-state index is 13.6. The van der Waals surface area contributed by atoms with Gasteiger partial charge in [-0.1, -0.05) is 55.1 Å². The zero-order valence-corrected chi connectivity index (χ0v) is 19.6. The Labute approximate surface area is 193 Å². The van der Waals surface area contributed by atoms with Crippen LogP contribution >= 0.6 is 22.9 Å². The van der Waals surface area contributed by atoms with E-state index in [4.69, 9.17) is 16.3 Å². The van der Waals surface area contributed by atoms with Crippen LogP contribution in [0.1, 0.15) is 66.7 Å². The van der Waals surface area contributed by atoms with Crippen LogP contribution in [0, 0.1) is 0 Å². The number of carbonyl (C=O) groups is 2. The van der Waals surface area contributed by atoms with Crippen LogP contribution < -0.4 is 5.32 Å². The minimum atomic E-state index is -0.785. The summed E-state index contributed by atoms with van der Waals surface area (Å²) in [5, 5.41) is 5.57. The summed E-state index contributed by atoms with van der Waals surface area (Å²) in [7, 11) is 0. The molecule has 1 saturated carbocycles. The van der Waals surface area contributed by atoms with Gasteiger partial charge in [-0.2, -0.15) is 0 Å². The van der Waals surface area contributed by atoms with Crippen LogP contribution in [0.2, 0.25) is 5.02 Å². The Hall–Kier alpha value is -1.89. The fraction of sp³-hybridized carbons (Fsp3) is 0.500. The van der Waals surface area contributed by atoms with E-state index in [0.717, 1.165) is 25.7 Å². The zero-order chi connectivity index (χ0) is 22.1. The van der Waals surface area contributed by atoms with E-state index in [2.05, 4.69) is 5.32 Å². The van der Waals surface area contributed by atoms with Crippen molar-refractivity contribution in [1.82, 2.24) is 10.2 Å². The first-order chi connectivity index (χ1) is 15.1. The van der Waals surface area contributed by atoms with Gasteiger partial charge in [0.15, 0.2) is 0 Å². The SMILES string of the molecule is CCOCCCN(C(=O)c1cccs1)C(C(=O)NC1CCCCC1)c1ccccc1Cl. The molecule has 1 unspecified atom stereocenters. The summed E-state index contributed by atoms with van der Waals surface area (Å²) in [6, 6.07) is 10.3. The second-order valence-electron chi connectivity index (χ2n) is 7.79. The second-order valence-corrected chi connectivity index (χ2v) is 9.15. The normalized spacial score (nSPS) is 15.4. The van der Waals surface area contributed by atoms with Crippen LogP contribution in [0.15, 0.2) is 41.8 Å². The highest BCUT2D eigenvalue weighted by molar-refractivity contribution is 7.12. The second kappa shape index (κ2) is 12.2. The summed E-state index contributed by atoms with van der Waals surface area (Å²) in [5.74, 6) is -0.323. The van der Waals surface area contributed by atoms with Gasteiger partial charge >= 0.3 is 0 Å². The van der Waals surface area contributed by atoms with Crippen LogP contribution in [-0.2, 0) is 9.53 Å². The molecule has 1 aromatic carbocycles. The number of nitrogens with zero attached hydrogens (tertiary/aromatic N) is 1. The van der Waals surface area contributed by atoms with Crippen LogP contribution in [0.25, 0.3) is 0 Å². The minimum Gasteiger partial charge on any atom is -0.382 e. The molecule has 2 amide bonds. The lowest BCUT2D eigenvalue weighted by atomic mass is 9.94. The maximum absolute atomic E-state index is 13.6. The number of ether oxygens (including phenoxy) is 1. The van der Waals surface area contributed by atoms with Gasteiger partial charge in [0.05, 0.1) is 4.88 Å². The standard InChI is InChI=1S/C24H31ClN2O3S/c1-2-30-16-9-15-27(24(29)21-14-8-17-31-21)22(19-12-6-7-13-20(19)25)23(28)26-18-10-4-3-5-11-18/h6-8,12-14,17-18,22H,2-5,9-11,15-16H2,1H3,(H,26,28). The van der Waals surface area contributed by atoms with E-state index in [1.165, 1.54) is 17.8 Å². The van der Waals surface area contributed by atoms with Crippen molar-refractivity contribution in [3.05, 3.63) is 57.2 Å². The molecule has 5 nitrogen and oxygen atoms in total. The van der Waals surface area contributed by atoms with Gasteiger partial charge in [0.25, 0.3) is 5.91 Å². The Morgan fingerprint density at radius 2 is 1.97 bits per heavy atom. The Balaban J connectivity index is 1.91. The van der Waals surface area contributed by atoms with E-state index in [-0.39, 0.29) is 17.9 Å². The summed E-state index contributed by atoms with van der Waals surface area (Å²) >= 11 is 7.90. The lowest BCUT2D eigenvalue weighted by Gasteiger charge is -2.33. The number of amides is 2. The summed E-state index contributed by atoms with van der Waals surface area (Å²) in [6.45, 7) is 3.50. The Bertz CT molecular complexity index is 837. The molecule has 1 atom stereocenters. The van der Waals surface area contributed by atoms with Gasteiger partial charge in [-0.3, -0.25) is 9.59 Å². The van der Waals surface area contributed by atoms with Crippen LogP contribution in [0.4, 0.5) is 0 Å². The van der Waals surface area contributed by atoms with Crippen molar-refractivity contribution >= 4 is 34.8 Å². The number of rotatable bonds is 10. The predicted molar refractivity (Wildman–Crippen MR) is 126 cm³/mol. The van der Waals surface area contributed by atoms with Crippen LogP contribution in [0.3, 0.4) is 0 Å². The molecule has 0 bridgehead atoms. The molecule has 7 heteroatoms. The first-order valence-electron chi connectivity index (χ1n) is 11.1. The molecule has 1 aromatic heterocycles. The lowest BCUT2D eigenvalue weighted by Crippen LogP contribution is -2.47. The van der Waals surface area contributed by atoms with Gasteiger partial charge in [0.1, 0.15) is 6.04 Å². The third-order valence-electron chi connectivity index (χ3n) is 5.60. The number of thiophene rings is 1. The van der Waals surface area contributed by atoms with E-state index < -0.39 is 6.04 Å². The topological polar surface area (TPSA) is 58.6 Å². The average Bonchev–Trinajstić information content (AvgIpc) is 3.32. The number of hydrogen-bond acceptors (Lipinski definition) is 4. The first-order valence-corrected chi connectivity index (χ1v) is 12.3. The van der Waals surface area contributed by atoms with Crippen molar-refractivity contribution in [3.8, 4) is 0 Å². The third kappa shape index (κ3) is 6.55. The fourth-order valence-corrected chi connectivity index (χ4v) is 4.96. The number of hydrogen-bond donors (Lipinski definition) is 1. The Kier molecular flexibility index (Phi) is 9.37. The van der Waals surface area contributed by atoms with Crippen molar-refractivity contribution in [2.24, 2.45) is 0 Å². The van der Waals surface area contributed by atoms with E-state index in [1.54, 1.807) is 17.0 Å². The molecule has 2 aromatic rings. The van der Waals surface area contributed by atoms with Crippen LogP contribution in [0.5, 0.6) is 0 Å². The summed E-state index contributed by atoms with van der Waals surface area (Å²) in [4.78, 5) is 29.3. The third-order valence-corrected chi connectivity index (χ3v) is 6.80. The molecule has 0 radical (unpaired) electrons. The molecule has 1 heterocycles. The lowest BCUT2D eigenvalue weighted by molar-refractivity contribution is -0.127. The van der Waals surface area contributed by atoms with E-state index in [1.807, 2.05) is 36.6 Å². The first kappa shape index (κ1) is 23.8. The minimum absolute atomic E-state index is 0.147. The largest absolute Gasteiger partial charge is 0.382 e. The quantitative estimate of drug-likeness (QED) is 0.477. The fourth-order valence-electron chi connectivity index (χ4n) is 4.05. The van der Waals surface area contributed by atoms with Gasteiger partial charge in [-0.05, 0) is 43.7 Å². The van der Waals surface area contributed by atoms with Crippen molar-refractivity contribution in [1.29, 1.82) is 0 Å². The molecule has 1 fully saturated rings. The Morgan fingerprint density at radius 3 is 2.65 bits per heavy atom. The molecule has 0 spiro atoms. The number of benzene rings is 1. The van der Waals surface area contributed by atoms with E-state index in [0.29, 0.717) is 41.6 Å². The van der Waals surface area contributed by atoms with E-state index in [9.17, 15) is 9.59 Å². The molecule has 0 aliphatic heterocycles. The molecular weight excluding hydrogens is 432 g/mol. The van der Waals surface area contributed by atoms with Crippen LogP contribution in [-0.4, -0.2) is 42.5 Å². The molecule has 3 rings (SSSR count). The highest BCUT2D eigenvalue weighted by Gasteiger charge is 2.34. The summed E-state index contributed by atoms with van der Waals surface area (Å²) in [6.07, 6.45) is 6.04. The molecule has 1 aliphatic rings. The van der Waals surface area contributed by atoms with Crippen molar-refractivity contribution in [2.75, 3.05) is 19.8 Å². The molecule has 0 saturated heterocycles. The smallest absolute Gasteiger partial charge is 0.264 e. The maximum Gasteiger partial charge on any atom is 0.264 e. The van der Waals surface area contributed by atoms with E-state index >= 15 is 0 Å². The molecule has 1 aliphatic carbocycles. The average molecular weight is 463 g/mol. The van der Waals surface area contributed by atoms with Gasteiger partial charge in [0.2, 0.25) is 5.91 Å².